The Morgan fingerprint density at radius 3 is 2.67 bits per heavy atom. The topological polar surface area (TPSA) is 50.9 Å². The van der Waals surface area contributed by atoms with Crippen LogP contribution in [0.2, 0.25) is 5.02 Å². The lowest BCUT2D eigenvalue weighted by molar-refractivity contribution is 0.598. The average molecular weight is 322 g/mol. The number of aromatic nitrogens is 1. The van der Waals surface area contributed by atoms with Crippen LogP contribution < -0.4 is 11.1 Å². The van der Waals surface area contributed by atoms with Crippen molar-refractivity contribution >= 4 is 29.2 Å². The van der Waals surface area contributed by atoms with Crippen molar-refractivity contribution in [2.45, 2.75) is 24.3 Å². The number of rotatable bonds is 6. The third-order valence-corrected chi connectivity index (χ3v) is 4.22. The molecule has 0 aliphatic rings. The second kappa shape index (κ2) is 7.69. The van der Waals surface area contributed by atoms with E-state index >= 15 is 0 Å². The Bertz CT molecular complexity index is 587. The van der Waals surface area contributed by atoms with Gasteiger partial charge in [-0.25, -0.2) is 4.98 Å². The van der Waals surface area contributed by atoms with Gasteiger partial charge in [0.05, 0.1) is 11.1 Å². The molecule has 1 atom stereocenters. The Labute approximate surface area is 135 Å². The first-order chi connectivity index (χ1) is 10.2. The fourth-order valence-electron chi connectivity index (χ4n) is 2.19. The molecule has 21 heavy (non-hydrogen) atoms. The maximum absolute atomic E-state index is 6.08. The summed E-state index contributed by atoms with van der Waals surface area (Å²) in [5.41, 5.74) is 8.13. The fourth-order valence-corrected chi connectivity index (χ4v) is 2.76. The van der Waals surface area contributed by atoms with Crippen LogP contribution in [0.15, 0.2) is 41.4 Å². The summed E-state index contributed by atoms with van der Waals surface area (Å²) in [6, 6.07) is 10.4. The highest BCUT2D eigenvalue weighted by molar-refractivity contribution is 7.98. The summed E-state index contributed by atoms with van der Waals surface area (Å²) in [6.07, 6.45) is 4.70. The summed E-state index contributed by atoms with van der Waals surface area (Å²) in [7, 11) is 0. The molecule has 1 unspecified atom stereocenters. The van der Waals surface area contributed by atoms with Gasteiger partial charge >= 0.3 is 0 Å². The Morgan fingerprint density at radius 1 is 1.33 bits per heavy atom. The zero-order valence-electron chi connectivity index (χ0n) is 12.3. The number of nitrogens with zero attached hydrogens (tertiary/aromatic N) is 1. The number of nitrogens with one attached hydrogen (secondary N) is 1. The second-order valence-corrected chi connectivity index (χ2v) is 6.10. The van der Waals surface area contributed by atoms with Crippen LogP contribution in [0.1, 0.15) is 30.5 Å². The zero-order chi connectivity index (χ0) is 15.2. The second-order valence-electron chi connectivity index (χ2n) is 4.79. The van der Waals surface area contributed by atoms with Crippen molar-refractivity contribution in [2.75, 3.05) is 18.5 Å². The molecule has 0 fully saturated rings. The average Bonchev–Trinajstić information content (AvgIpc) is 2.51. The fraction of sp³-hybridized carbons (Fsp3) is 0.312. The molecule has 1 heterocycles. The van der Waals surface area contributed by atoms with Crippen molar-refractivity contribution in [3.05, 3.63) is 52.7 Å². The third kappa shape index (κ3) is 4.13. The molecule has 112 valence electrons. The molecule has 0 saturated heterocycles. The summed E-state index contributed by atoms with van der Waals surface area (Å²) in [5, 5.41) is 4.12. The van der Waals surface area contributed by atoms with Gasteiger partial charge < -0.3 is 11.1 Å². The van der Waals surface area contributed by atoms with Crippen LogP contribution >= 0.6 is 23.4 Å². The summed E-state index contributed by atoms with van der Waals surface area (Å²) in [4.78, 5) is 5.41. The van der Waals surface area contributed by atoms with Gasteiger partial charge in [-0.05, 0) is 43.0 Å². The van der Waals surface area contributed by atoms with Gasteiger partial charge in [-0.3, -0.25) is 0 Å². The minimum atomic E-state index is 0.00653. The summed E-state index contributed by atoms with van der Waals surface area (Å²) < 4.78 is 0. The van der Waals surface area contributed by atoms with E-state index in [1.165, 1.54) is 4.90 Å². The summed E-state index contributed by atoms with van der Waals surface area (Å²) in [5.74, 6) is 0.516. The van der Waals surface area contributed by atoms with Gasteiger partial charge in [0.15, 0.2) is 0 Å². The number of nitrogen functional groups attached to an aromatic ring is 1. The number of hydrogen-bond acceptors (Lipinski definition) is 4. The minimum Gasteiger partial charge on any atom is -0.383 e. The molecular formula is C16H20ClN3S. The lowest BCUT2D eigenvalue weighted by atomic mass is 9.99. The van der Waals surface area contributed by atoms with Gasteiger partial charge in [-0.1, -0.05) is 30.7 Å². The van der Waals surface area contributed by atoms with Gasteiger partial charge in [-0.2, -0.15) is 0 Å². The Balaban J connectivity index is 2.38. The van der Waals surface area contributed by atoms with E-state index in [1.807, 2.05) is 6.07 Å². The molecule has 0 saturated carbocycles. The largest absolute Gasteiger partial charge is 0.383 e. The Kier molecular flexibility index (Phi) is 5.91. The molecule has 2 rings (SSSR count). The van der Waals surface area contributed by atoms with Crippen molar-refractivity contribution in [1.82, 2.24) is 10.3 Å². The zero-order valence-corrected chi connectivity index (χ0v) is 13.8. The first-order valence-corrected chi connectivity index (χ1v) is 8.54. The number of benzene rings is 1. The van der Waals surface area contributed by atoms with E-state index < -0.39 is 0 Å². The molecule has 1 aromatic carbocycles. The predicted octanol–water partition coefficient (Wildman–Crippen LogP) is 4.13. The molecular weight excluding hydrogens is 302 g/mol. The Hall–Kier alpha value is -1.23. The molecule has 5 heteroatoms. The number of pyridine rings is 1. The molecule has 3 nitrogen and oxygen atoms in total. The van der Waals surface area contributed by atoms with Gasteiger partial charge in [0.25, 0.3) is 0 Å². The van der Waals surface area contributed by atoms with Crippen molar-refractivity contribution in [1.29, 1.82) is 0 Å². The lowest BCUT2D eigenvalue weighted by Crippen LogP contribution is -2.24. The Morgan fingerprint density at radius 2 is 2.05 bits per heavy atom. The van der Waals surface area contributed by atoms with E-state index in [9.17, 15) is 0 Å². The smallest absolute Gasteiger partial charge is 0.128 e. The highest BCUT2D eigenvalue weighted by atomic mass is 35.5. The van der Waals surface area contributed by atoms with E-state index in [0.29, 0.717) is 10.8 Å². The van der Waals surface area contributed by atoms with Gasteiger partial charge in [0.1, 0.15) is 5.82 Å². The maximum atomic E-state index is 6.08. The number of nitrogens with two attached hydrogens (primary N) is 1. The van der Waals surface area contributed by atoms with Gasteiger partial charge in [-0.15, -0.1) is 11.8 Å². The molecule has 1 aromatic heterocycles. The highest BCUT2D eigenvalue weighted by Crippen LogP contribution is 2.29. The van der Waals surface area contributed by atoms with E-state index in [1.54, 1.807) is 18.0 Å². The van der Waals surface area contributed by atoms with Gasteiger partial charge in [0.2, 0.25) is 0 Å². The quantitative estimate of drug-likeness (QED) is 0.785. The molecule has 2 aromatic rings. The van der Waals surface area contributed by atoms with Crippen LogP contribution in [0.25, 0.3) is 0 Å². The third-order valence-electron chi connectivity index (χ3n) is 3.27. The van der Waals surface area contributed by atoms with Crippen LogP contribution in [-0.2, 0) is 0 Å². The van der Waals surface area contributed by atoms with Crippen molar-refractivity contribution in [2.24, 2.45) is 0 Å². The van der Waals surface area contributed by atoms with Crippen LogP contribution in [0, 0.1) is 0 Å². The number of thioether (sulfide) groups is 1. The number of halogens is 1. The molecule has 0 radical (unpaired) electrons. The van der Waals surface area contributed by atoms with E-state index in [2.05, 4.69) is 47.7 Å². The molecule has 0 aliphatic heterocycles. The summed E-state index contributed by atoms with van der Waals surface area (Å²) in [6.45, 7) is 3.04. The minimum absolute atomic E-state index is 0.00653. The van der Waals surface area contributed by atoms with Gasteiger partial charge in [0, 0.05) is 16.7 Å². The van der Waals surface area contributed by atoms with E-state index in [-0.39, 0.29) is 6.04 Å². The highest BCUT2D eigenvalue weighted by Gasteiger charge is 2.17. The van der Waals surface area contributed by atoms with Crippen LogP contribution in [0.4, 0.5) is 5.82 Å². The van der Waals surface area contributed by atoms with Crippen LogP contribution in [-0.4, -0.2) is 17.8 Å². The molecule has 3 N–H and O–H groups in total. The predicted molar refractivity (Wildman–Crippen MR) is 92.0 cm³/mol. The van der Waals surface area contributed by atoms with Crippen molar-refractivity contribution in [3.8, 4) is 0 Å². The monoisotopic (exact) mass is 321 g/mol. The van der Waals surface area contributed by atoms with E-state index in [4.69, 9.17) is 17.3 Å². The maximum Gasteiger partial charge on any atom is 0.128 e. The van der Waals surface area contributed by atoms with Crippen LogP contribution in [0.5, 0.6) is 0 Å². The van der Waals surface area contributed by atoms with E-state index in [0.717, 1.165) is 24.1 Å². The number of hydrogen-bond donors (Lipinski definition) is 2. The van der Waals surface area contributed by atoms with Crippen LogP contribution in [0.3, 0.4) is 0 Å². The molecule has 0 amide bonds. The number of anilines is 1. The molecule has 0 spiro atoms. The first kappa shape index (κ1) is 16.1. The van der Waals surface area contributed by atoms with Crippen molar-refractivity contribution in [3.63, 3.8) is 0 Å². The standard InChI is InChI=1S/C16H20ClN3S/c1-3-8-19-15(11-4-6-13(21-2)7-5-11)14-9-12(17)10-20-16(14)18/h4-7,9-10,15,19H,3,8H2,1-2H3,(H2,18,20). The lowest BCUT2D eigenvalue weighted by Gasteiger charge is -2.21. The SMILES string of the molecule is CCCNC(c1ccc(SC)cc1)c1cc(Cl)cnc1N. The normalized spacial score (nSPS) is 12.3. The molecule has 0 aliphatic carbocycles. The summed E-state index contributed by atoms with van der Waals surface area (Å²) >= 11 is 7.81. The first-order valence-electron chi connectivity index (χ1n) is 6.94. The van der Waals surface area contributed by atoms with Crippen molar-refractivity contribution < 1.29 is 0 Å². The molecule has 0 bridgehead atoms.